The first kappa shape index (κ1) is 17.3. The van der Waals surface area contributed by atoms with Crippen LogP contribution in [0, 0.1) is 6.92 Å². The summed E-state index contributed by atoms with van der Waals surface area (Å²) in [6.07, 6.45) is 7.35. The fourth-order valence-electron chi connectivity index (χ4n) is 2.68. The van der Waals surface area contributed by atoms with Gasteiger partial charge < -0.3 is 15.2 Å². The van der Waals surface area contributed by atoms with Gasteiger partial charge in [0.15, 0.2) is 0 Å². The van der Waals surface area contributed by atoms with E-state index in [1.165, 1.54) is 32.1 Å². The number of amides is 2. The van der Waals surface area contributed by atoms with E-state index in [1.54, 1.807) is 0 Å². The number of aryl methyl sites for hydroxylation is 2. The maximum absolute atomic E-state index is 11.9. The lowest BCUT2D eigenvalue weighted by Crippen LogP contribution is -2.29. The second kappa shape index (κ2) is 8.56. The van der Waals surface area contributed by atoms with Crippen molar-refractivity contribution in [2.45, 2.75) is 52.4 Å². The van der Waals surface area contributed by atoms with E-state index in [0.29, 0.717) is 0 Å². The van der Waals surface area contributed by atoms with Gasteiger partial charge in [0.2, 0.25) is 0 Å². The van der Waals surface area contributed by atoms with Crippen LogP contribution in [0.2, 0.25) is 0 Å². The summed E-state index contributed by atoms with van der Waals surface area (Å²) >= 11 is 0. The molecule has 126 valence electrons. The number of urea groups is 1. The van der Waals surface area contributed by atoms with Crippen LogP contribution in [0.5, 0.6) is 0 Å². The molecular weight excluding hydrogens is 288 g/mol. The van der Waals surface area contributed by atoms with Gasteiger partial charge in [-0.3, -0.25) is 0 Å². The predicted octanol–water partition coefficient (Wildman–Crippen LogP) is 4.36. The maximum atomic E-state index is 11.9. The summed E-state index contributed by atoms with van der Waals surface area (Å²) in [5, 5.41) is 5.79. The second-order valence-electron chi connectivity index (χ2n) is 6.07. The molecule has 2 N–H and O–H groups in total. The van der Waals surface area contributed by atoms with E-state index in [9.17, 15) is 4.79 Å². The Morgan fingerprint density at radius 1 is 1.17 bits per heavy atom. The lowest BCUT2D eigenvalue weighted by atomic mass is 10.1. The van der Waals surface area contributed by atoms with Crippen LogP contribution in [0.4, 0.5) is 10.5 Å². The topological polar surface area (TPSA) is 59.0 Å². The third kappa shape index (κ3) is 4.98. The Kier molecular flexibility index (Phi) is 6.44. The highest BCUT2D eigenvalue weighted by Gasteiger charge is 2.06. The fraction of sp³-hybridized carbons (Fsp3) is 0.556. The molecule has 0 saturated carbocycles. The van der Waals surface area contributed by atoms with Crippen molar-refractivity contribution in [3.8, 4) is 0 Å². The van der Waals surface area contributed by atoms with Gasteiger partial charge in [-0.1, -0.05) is 39.0 Å². The van der Waals surface area contributed by atoms with Crippen LogP contribution >= 0.6 is 0 Å². The first-order chi connectivity index (χ1) is 11.1. The number of benzene rings is 1. The highest BCUT2D eigenvalue weighted by atomic mass is 16.2. The van der Waals surface area contributed by atoms with Crippen LogP contribution in [-0.2, 0) is 7.05 Å². The van der Waals surface area contributed by atoms with Crippen molar-refractivity contribution in [1.29, 1.82) is 0 Å². The highest BCUT2D eigenvalue weighted by molar-refractivity contribution is 5.92. The molecule has 1 aromatic carbocycles. The molecule has 0 bridgehead atoms. The summed E-state index contributed by atoms with van der Waals surface area (Å²) in [7, 11) is 1.99. The third-order valence-corrected chi connectivity index (χ3v) is 4.18. The number of hydrogen-bond donors (Lipinski definition) is 2. The SMILES string of the molecule is CCCCCCCCNC(=O)Nc1ccc2c(c1)nc(C)n2C. The maximum Gasteiger partial charge on any atom is 0.319 e. The van der Waals surface area contributed by atoms with Crippen molar-refractivity contribution < 1.29 is 4.79 Å². The predicted molar refractivity (Wildman–Crippen MR) is 95.8 cm³/mol. The van der Waals surface area contributed by atoms with Gasteiger partial charge in [-0.2, -0.15) is 0 Å². The number of carbonyl (C=O) groups is 1. The Hall–Kier alpha value is -2.04. The Bertz CT molecular complexity index is 648. The molecule has 0 unspecified atom stereocenters. The molecule has 5 nitrogen and oxygen atoms in total. The number of fused-ring (bicyclic) bond motifs is 1. The van der Waals surface area contributed by atoms with Crippen LogP contribution < -0.4 is 10.6 Å². The summed E-state index contributed by atoms with van der Waals surface area (Å²) in [5.41, 5.74) is 2.75. The van der Waals surface area contributed by atoms with Gasteiger partial charge >= 0.3 is 6.03 Å². The minimum atomic E-state index is -0.148. The molecule has 0 aliphatic carbocycles. The van der Waals surface area contributed by atoms with Gasteiger partial charge in [0, 0.05) is 19.3 Å². The molecular formula is C18H28N4O. The Labute approximate surface area is 138 Å². The molecule has 2 rings (SSSR count). The molecule has 0 aliphatic heterocycles. The van der Waals surface area contributed by atoms with E-state index in [4.69, 9.17) is 0 Å². The van der Waals surface area contributed by atoms with E-state index < -0.39 is 0 Å². The summed E-state index contributed by atoms with van der Waals surface area (Å²) in [6, 6.07) is 5.66. The molecule has 0 saturated heterocycles. The van der Waals surface area contributed by atoms with Gasteiger partial charge in [0.25, 0.3) is 0 Å². The van der Waals surface area contributed by atoms with E-state index in [0.717, 1.165) is 35.5 Å². The van der Waals surface area contributed by atoms with Crippen molar-refractivity contribution in [2.24, 2.45) is 7.05 Å². The molecule has 0 fully saturated rings. The zero-order chi connectivity index (χ0) is 16.7. The normalized spacial score (nSPS) is 10.9. The second-order valence-corrected chi connectivity index (χ2v) is 6.07. The average Bonchev–Trinajstić information content (AvgIpc) is 2.81. The van der Waals surface area contributed by atoms with Gasteiger partial charge in [-0.15, -0.1) is 0 Å². The number of nitrogens with one attached hydrogen (secondary N) is 2. The first-order valence-electron chi connectivity index (χ1n) is 8.59. The lowest BCUT2D eigenvalue weighted by Gasteiger charge is -2.08. The molecule has 0 radical (unpaired) electrons. The van der Waals surface area contributed by atoms with Crippen LogP contribution in [0.25, 0.3) is 11.0 Å². The molecule has 0 spiro atoms. The number of nitrogens with zero attached hydrogens (tertiary/aromatic N) is 2. The van der Waals surface area contributed by atoms with Gasteiger partial charge in [-0.05, 0) is 31.5 Å². The molecule has 5 heteroatoms. The number of rotatable bonds is 8. The standard InChI is InChI=1S/C18H28N4O/c1-4-5-6-7-8-9-12-19-18(23)21-15-10-11-17-16(13-15)20-14(2)22(17)3/h10-11,13H,4-9,12H2,1-3H3,(H2,19,21,23). The average molecular weight is 316 g/mol. The molecule has 1 aromatic heterocycles. The lowest BCUT2D eigenvalue weighted by molar-refractivity contribution is 0.252. The summed E-state index contributed by atoms with van der Waals surface area (Å²) < 4.78 is 2.04. The molecule has 2 aromatic rings. The van der Waals surface area contributed by atoms with Crippen molar-refractivity contribution in [3.05, 3.63) is 24.0 Å². The Balaban J connectivity index is 1.75. The molecule has 2 amide bonds. The monoisotopic (exact) mass is 316 g/mol. The van der Waals surface area contributed by atoms with Gasteiger partial charge in [0.05, 0.1) is 11.0 Å². The number of aromatic nitrogens is 2. The number of hydrogen-bond acceptors (Lipinski definition) is 2. The molecule has 0 atom stereocenters. The van der Waals surface area contributed by atoms with Crippen LogP contribution in [0.1, 0.15) is 51.3 Å². The summed E-state index contributed by atoms with van der Waals surface area (Å²) in [4.78, 5) is 16.4. The number of carbonyl (C=O) groups excluding carboxylic acids is 1. The Morgan fingerprint density at radius 2 is 1.91 bits per heavy atom. The highest BCUT2D eigenvalue weighted by Crippen LogP contribution is 2.19. The van der Waals surface area contributed by atoms with E-state index in [2.05, 4.69) is 22.5 Å². The number of imidazole rings is 1. The van der Waals surface area contributed by atoms with Crippen molar-refractivity contribution in [2.75, 3.05) is 11.9 Å². The van der Waals surface area contributed by atoms with Gasteiger partial charge in [-0.25, -0.2) is 9.78 Å². The van der Waals surface area contributed by atoms with E-state index >= 15 is 0 Å². The van der Waals surface area contributed by atoms with Crippen molar-refractivity contribution in [1.82, 2.24) is 14.9 Å². The zero-order valence-corrected chi connectivity index (χ0v) is 14.5. The van der Waals surface area contributed by atoms with Crippen LogP contribution in [0.15, 0.2) is 18.2 Å². The molecule has 0 aliphatic rings. The minimum Gasteiger partial charge on any atom is -0.338 e. The summed E-state index contributed by atoms with van der Waals surface area (Å²) in [6.45, 7) is 4.92. The third-order valence-electron chi connectivity index (χ3n) is 4.18. The molecule has 23 heavy (non-hydrogen) atoms. The van der Waals surface area contributed by atoms with E-state index in [-0.39, 0.29) is 6.03 Å². The first-order valence-corrected chi connectivity index (χ1v) is 8.59. The minimum absolute atomic E-state index is 0.148. The van der Waals surface area contributed by atoms with E-state index in [1.807, 2.05) is 36.7 Å². The summed E-state index contributed by atoms with van der Waals surface area (Å²) in [5.74, 6) is 0.963. The van der Waals surface area contributed by atoms with Crippen molar-refractivity contribution >= 4 is 22.8 Å². The van der Waals surface area contributed by atoms with Gasteiger partial charge in [0.1, 0.15) is 5.82 Å². The number of unbranched alkanes of at least 4 members (excludes halogenated alkanes) is 5. The largest absolute Gasteiger partial charge is 0.338 e. The fourth-order valence-corrected chi connectivity index (χ4v) is 2.68. The molecule has 1 heterocycles. The number of anilines is 1. The zero-order valence-electron chi connectivity index (χ0n) is 14.5. The smallest absolute Gasteiger partial charge is 0.319 e. The van der Waals surface area contributed by atoms with Crippen molar-refractivity contribution in [3.63, 3.8) is 0 Å². The van der Waals surface area contributed by atoms with Crippen LogP contribution in [0.3, 0.4) is 0 Å². The Morgan fingerprint density at radius 3 is 2.70 bits per heavy atom. The quantitative estimate of drug-likeness (QED) is 0.711. The van der Waals surface area contributed by atoms with Crippen LogP contribution in [-0.4, -0.2) is 22.1 Å².